The van der Waals surface area contributed by atoms with Crippen LogP contribution in [0.4, 0.5) is 14.5 Å². The SMILES string of the molecule is CC1CC1CN=C(N)Nc1cc(F)ccc1F.I. The van der Waals surface area contributed by atoms with Crippen LogP contribution in [0, 0.1) is 23.5 Å². The molecule has 6 heteroatoms. The molecule has 2 atom stereocenters. The zero-order chi connectivity index (χ0) is 12.4. The third-order valence-electron chi connectivity index (χ3n) is 2.96. The molecule has 0 saturated heterocycles. The Morgan fingerprint density at radius 2 is 2.17 bits per heavy atom. The molecule has 0 aliphatic heterocycles. The van der Waals surface area contributed by atoms with Crippen LogP contribution >= 0.6 is 24.0 Å². The number of benzene rings is 1. The van der Waals surface area contributed by atoms with E-state index in [1.54, 1.807) is 0 Å². The summed E-state index contributed by atoms with van der Waals surface area (Å²) in [6, 6.07) is 3.16. The van der Waals surface area contributed by atoms with Crippen molar-refractivity contribution in [3.63, 3.8) is 0 Å². The molecule has 1 fully saturated rings. The molecule has 2 rings (SSSR count). The van der Waals surface area contributed by atoms with Crippen molar-refractivity contribution in [2.24, 2.45) is 22.6 Å². The Balaban J connectivity index is 0.00000162. The number of nitrogens with one attached hydrogen (secondary N) is 1. The number of hydrogen-bond donors (Lipinski definition) is 2. The molecule has 18 heavy (non-hydrogen) atoms. The van der Waals surface area contributed by atoms with Crippen LogP contribution in [0.3, 0.4) is 0 Å². The number of nitrogens with zero attached hydrogens (tertiary/aromatic N) is 1. The number of aliphatic imine (C=N–C) groups is 1. The molecule has 0 heterocycles. The minimum atomic E-state index is -0.552. The van der Waals surface area contributed by atoms with Crippen molar-refractivity contribution in [1.29, 1.82) is 0 Å². The van der Waals surface area contributed by atoms with Gasteiger partial charge in [0.1, 0.15) is 11.6 Å². The largest absolute Gasteiger partial charge is 0.370 e. The van der Waals surface area contributed by atoms with Crippen LogP contribution in [0.2, 0.25) is 0 Å². The highest BCUT2D eigenvalue weighted by molar-refractivity contribution is 14.0. The van der Waals surface area contributed by atoms with Gasteiger partial charge >= 0.3 is 0 Å². The first-order chi connectivity index (χ1) is 8.06. The van der Waals surface area contributed by atoms with Crippen molar-refractivity contribution in [1.82, 2.24) is 0 Å². The van der Waals surface area contributed by atoms with Gasteiger partial charge in [0.2, 0.25) is 0 Å². The summed E-state index contributed by atoms with van der Waals surface area (Å²) in [6.45, 7) is 2.78. The molecule has 1 aliphatic rings. The van der Waals surface area contributed by atoms with E-state index in [9.17, 15) is 8.78 Å². The van der Waals surface area contributed by atoms with Gasteiger partial charge in [-0.15, -0.1) is 24.0 Å². The van der Waals surface area contributed by atoms with Crippen LogP contribution in [0.5, 0.6) is 0 Å². The number of nitrogens with two attached hydrogens (primary N) is 1. The van der Waals surface area contributed by atoms with Crippen molar-refractivity contribution in [3.05, 3.63) is 29.8 Å². The van der Waals surface area contributed by atoms with E-state index in [2.05, 4.69) is 17.2 Å². The highest BCUT2D eigenvalue weighted by atomic mass is 127. The molecule has 1 aliphatic carbocycles. The molecule has 2 unspecified atom stereocenters. The van der Waals surface area contributed by atoms with Crippen LogP contribution < -0.4 is 11.1 Å². The number of halogens is 3. The summed E-state index contributed by atoms with van der Waals surface area (Å²) in [6.07, 6.45) is 1.16. The van der Waals surface area contributed by atoms with Crippen LogP contribution in [0.15, 0.2) is 23.2 Å². The summed E-state index contributed by atoms with van der Waals surface area (Å²) in [4.78, 5) is 4.10. The molecule has 100 valence electrons. The van der Waals surface area contributed by atoms with E-state index >= 15 is 0 Å². The second-order valence-electron chi connectivity index (χ2n) is 4.45. The van der Waals surface area contributed by atoms with Gasteiger partial charge in [-0.3, -0.25) is 4.99 Å². The van der Waals surface area contributed by atoms with Crippen molar-refractivity contribution in [2.45, 2.75) is 13.3 Å². The molecule has 0 bridgehead atoms. The summed E-state index contributed by atoms with van der Waals surface area (Å²) >= 11 is 0. The monoisotopic (exact) mass is 367 g/mol. The average Bonchev–Trinajstić information content (AvgIpc) is 2.97. The molecule has 0 spiro atoms. The quantitative estimate of drug-likeness (QED) is 0.490. The molecule has 3 nitrogen and oxygen atoms in total. The third kappa shape index (κ3) is 4.08. The van der Waals surface area contributed by atoms with Crippen molar-refractivity contribution >= 4 is 35.6 Å². The fourth-order valence-electron chi connectivity index (χ4n) is 1.64. The fraction of sp³-hybridized carbons (Fsp3) is 0.417. The maximum atomic E-state index is 13.3. The first-order valence-electron chi connectivity index (χ1n) is 5.58. The number of rotatable bonds is 3. The minimum absolute atomic E-state index is 0. The van der Waals surface area contributed by atoms with Gasteiger partial charge in [0.15, 0.2) is 5.96 Å². The number of anilines is 1. The number of hydrogen-bond acceptors (Lipinski definition) is 1. The van der Waals surface area contributed by atoms with Crippen LogP contribution in [0.25, 0.3) is 0 Å². The molecular formula is C12H16F2IN3. The van der Waals surface area contributed by atoms with Crippen LogP contribution in [-0.4, -0.2) is 12.5 Å². The van der Waals surface area contributed by atoms with E-state index in [1.807, 2.05) is 0 Å². The predicted molar refractivity (Wildman–Crippen MR) is 79.2 cm³/mol. The summed E-state index contributed by atoms with van der Waals surface area (Å²) in [5.41, 5.74) is 5.61. The molecule has 0 aromatic heterocycles. The maximum absolute atomic E-state index is 13.3. The predicted octanol–water partition coefficient (Wildman–Crippen LogP) is 2.97. The highest BCUT2D eigenvalue weighted by Crippen LogP contribution is 2.37. The Labute approximate surface area is 122 Å². The lowest BCUT2D eigenvalue weighted by Crippen LogP contribution is -2.23. The minimum Gasteiger partial charge on any atom is -0.370 e. The molecule has 3 N–H and O–H groups in total. The molecule has 0 amide bonds. The lowest BCUT2D eigenvalue weighted by atomic mass is 10.3. The third-order valence-corrected chi connectivity index (χ3v) is 2.96. The highest BCUT2D eigenvalue weighted by Gasteiger charge is 2.31. The van der Waals surface area contributed by atoms with Gasteiger partial charge in [-0.2, -0.15) is 0 Å². The second kappa shape index (κ2) is 6.31. The van der Waals surface area contributed by atoms with Crippen LogP contribution in [0.1, 0.15) is 13.3 Å². The fourth-order valence-corrected chi connectivity index (χ4v) is 1.64. The zero-order valence-electron chi connectivity index (χ0n) is 9.99. The van der Waals surface area contributed by atoms with Gasteiger partial charge in [-0.1, -0.05) is 6.92 Å². The van der Waals surface area contributed by atoms with Crippen molar-refractivity contribution < 1.29 is 8.78 Å². The van der Waals surface area contributed by atoms with E-state index in [0.717, 1.165) is 24.6 Å². The molecule has 0 radical (unpaired) electrons. The second-order valence-corrected chi connectivity index (χ2v) is 4.45. The normalized spacial score (nSPS) is 22.3. The average molecular weight is 367 g/mol. The summed E-state index contributed by atoms with van der Waals surface area (Å²) in [5.74, 6) is 0.320. The zero-order valence-corrected chi connectivity index (χ0v) is 12.3. The van der Waals surface area contributed by atoms with Gasteiger partial charge in [0.05, 0.1) is 5.69 Å². The Morgan fingerprint density at radius 1 is 1.50 bits per heavy atom. The molecule has 1 aromatic carbocycles. The van der Waals surface area contributed by atoms with Gasteiger partial charge in [0, 0.05) is 12.6 Å². The summed E-state index contributed by atoms with van der Waals surface area (Å²) in [7, 11) is 0. The number of guanidine groups is 1. The Morgan fingerprint density at radius 3 is 2.78 bits per heavy atom. The van der Waals surface area contributed by atoms with E-state index in [4.69, 9.17) is 5.73 Å². The maximum Gasteiger partial charge on any atom is 0.193 e. The van der Waals surface area contributed by atoms with E-state index in [1.165, 1.54) is 0 Å². The first-order valence-corrected chi connectivity index (χ1v) is 5.58. The van der Waals surface area contributed by atoms with E-state index in [-0.39, 0.29) is 35.6 Å². The van der Waals surface area contributed by atoms with E-state index < -0.39 is 11.6 Å². The Kier molecular flexibility index (Phi) is 5.30. The van der Waals surface area contributed by atoms with Crippen molar-refractivity contribution in [3.8, 4) is 0 Å². The van der Waals surface area contributed by atoms with Gasteiger partial charge in [0.25, 0.3) is 0 Å². The summed E-state index contributed by atoms with van der Waals surface area (Å²) < 4.78 is 26.1. The standard InChI is InChI=1S/C12H15F2N3.HI/c1-7-4-8(7)6-16-12(15)17-11-5-9(13)2-3-10(11)14;/h2-3,5,7-8H,4,6H2,1H3,(H3,15,16,17);1H. The Hall–Kier alpha value is -0.920. The molecule has 1 aromatic rings. The van der Waals surface area contributed by atoms with Crippen LogP contribution in [-0.2, 0) is 0 Å². The van der Waals surface area contributed by atoms with Gasteiger partial charge in [-0.05, 0) is 30.4 Å². The smallest absolute Gasteiger partial charge is 0.193 e. The Bertz CT molecular complexity index is 451. The molecular weight excluding hydrogens is 351 g/mol. The summed E-state index contributed by atoms with van der Waals surface area (Å²) in [5, 5.41) is 2.56. The van der Waals surface area contributed by atoms with Gasteiger partial charge < -0.3 is 11.1 Å². The lowest BCUT2D eigenvalue weighted by Gasteiger charge is -2.06. The molecule has 1 saturated carbocycles. The first kappa shape index (κ1) is 15.1. The lowest BCUT2D eigenvalue weighted by molar-refractivity contribution is 0.604. The van der Waals surface area contributed by atoms with E-state index in [0.29, 0.717) is 18.4 Å². The van der Waals surface area contributed by atoms with Crippen molar-refractivity contribution in [2.75, 3.05) is 11.9 Å². The topological polar surface area (TPSA) is 50.4 Å². The van der Waals surface area contributed by atoms with Gasteiger partial charge in [-0.25, -0.2) is 8.78 Å².